The number of fused-ring (bicyclic) bond motifs is 5. The topological polar surface area (TPSA) is 138 Å². The van der Waals surface area contributed by atoms with E-state index in [0.29, 0.717) is 50.1 Å². The highest BCUT2D eigenvalue weighted by Crippen LogP contribution is 2.44. The number of furan rings is 1. The van der Waals surface area contributed by atoms with Gasteiger partial charge in [-0.25, -0.2) is 0 Å². The van der Waals surface area contributed by atoms with Gasteiger partial charge in [0.1, 0.15) is 15.9 Å². The van der Waals surface area contributed by atoms with Crippen molar-refractivity contribution in [1.82, 2.24) is 0 Å². The van der Waals surface area contributed by atoms with Gasteiger partial charge in [-0.05, 0) is 36.3 Å². The van der Waals surface area contributed by atoms with Crippen molar-refractivity contribution in [3.63, 3.8) is 0 Å². The maximum absolute atomic E-state index is 12.0. The van der Waals surface area contributed by atoms with Crippen LogP contribution in [0, 0.1) is 0 Å². The van der Waals surface area contributed by atoms with Crippen LogP contribution < -0.4 is 14.2 Å². The molecule has 0 spiro atoms. The van der Waals surface area contributed by atoms with Crippen LogP contribution in [0.15, 0.2) is 76.5 Å². The molecule has 1 aliphatic rings. The summed E-state index contributed by atoms with van der Waals surface area (Å²) in [5.74, 6) is -0.921. The lowest BCUT2D eigenvalue weighted by molar-refractivity contribution is -0.649. The molecule has 0 aliphatic carbocycles. The SMILES string of the molecule is CCC(=Cc1sc2ccc(Cl)cc2[n+]1CS(=O)(=O)O)C=C1Oc2cc3c(cc2N1CS(=O)(=O)O)oc1ccccc13. The molecule has 0 atom stereocenters. The molecule has 0 radical (unpaired) electrons. The summed E-state index contributed by atoms with van der Waals surface area (Å²) in [6, 6.07) is 16.0. The van der Waals surface area contributed by atoms with Gasteiger partial charge in [-0.3, -0.25) is 14.0 Å². The third-order valence-electron chi connectivity index (χ3n) is 6.53. The van der Waals surface area contributed by atoms with Gasteiger partial charge in [-0.2, -0.15) is 21.4 Å². The average molecular weight is 634 g/mol. The zero-order valence-corrected chi connectivity index (χ0v) is 24.5. The normalized spacial score (nSPS) is 15.4. The van der Waals surface area contributed by atoms with E-state index in [2.05, 4.69) is 0 Å². The van der Waals surface area contributed by atoms with E-state index in [9.17, 15) is 25.9 Å². The van der Waals surface area contributed by atoms with Crippen molar-refractivity contribution >= 4 is 87.1 Å². The third kappa shape index (κ3) is 5.56. The fourth-order valence-electron chi connectivity index (χ4n) is 4.76. The summed E-state index contributed by atoms with van der Waals surface area (Å²) in [7, 11) is -8.85. The minimum atomic E-state index is -4.46. The highest BCUT2D eigenvalue weighted by atomic mass is 35.5. The molecule has 0 fully saturated rings. The van der Waals surface area contributed by atoms with Gasteiger partial charge in [0.2, 0.25) is 11.4 Å². The fourth-order valence-corrected chi connectivity index (χ4v) is 7.33. The fraction of sp³-hybridized carbons (Fsp3) is 0.148. The smallest absolute Gasteiger partial charge is 0.326 e. The molecule has 6 rings (SSSR count). The van der Waals surface area contributed by atoms with Crippen molar-refractivity contribution in [2.45, 2.75) is 19.2 Å². The number of hydrogen-bond donors (Lipinski definition) is 2. The molecule has 5 aromatic rings. The summed E-state index contributed by atoms with van der Waals surface area (Å²) in [6.07, 6.45) is 3.81. The first-order chi connectivity index (χ1) is 19.4. The van der Waals surface area contributed by atoms with E-state index in [0.717, 1.165) is 15.5 Å². The van der Waals surface area contributed by atoms with Gasteiger partial charge >= 0.3 is 10.1 Å². The number of para-hydroxylation sites is 1. The molecule has 3 aromatic carbocycles. The van der Waals surface area contributed by atoms with Crippen molar-refractivity contribution in [2.75, 3.05) is 10.8 Å². The maximum atomic E-state index is 12.0. The molecule has 0 unspecified atom stereocenters. The van der Waals surface area contributed by atoms with E-state index in [1.165, 1.54) is 20.8 Å². The molecular formula is C27H22ClN2O8S3+. The van der Waals surface area contributed by atoms with Gasteiger partial charge in [0, 0.05) is 40.1 Å². The molecule has 0 amide bonds. The summed E-state index contributed by atoms with van der Waals surface area (Å²) in [6.45, 7) is 1.87. The molecule has 0 saturated carbocycles. The summed E-state index contributed by atoms with van der Waals surface area (Å²) in [5, 5.41) is 2.57. The Labute approximate surface area is 243 Å². The van der Waals surface area contributed by atoms with Crippen LogP contribution in [0.25, 0.3) is 38.2 Å². The maximum Gasteiger partial charge on any atom is 0.326 e. The third-order valence-corrected chi connectivity index (χ3v) is 9.05. The Morgan fingerprint density at radius 3 is 2.54 bits per heavy atom. The summed E-state index contributed by atoms with van der Waals surface area (Å²) < 4.78 is 81.3. The number of allylic oxidation sites excluding steroid dienone is 2. The number of hydrogen-bond acceptors (Lipinski definition) is 8. The van der Waals surface area contributed by atoms with Crippen molar-refractivity contribution in [2.24, 2.45) is 0 Å². The first-order valence-electron chi connectivity index (χ1n) is 12.2. The number of nitrogens with zero attached hydrogens (tertiary/aromatic N) is 2. The van der Waals surface area contributed by atoms with Gasteiger partial charge < -0.3 is 9.15 Å². The van der Waals surface area contributed by atoms with E-state index < -0.39 is 32.0 Å². The highest BCUT2D eigenvalue weighted by Gasteiger charge is 2.32. The van der Waals surface area contributed by atoms with E-state index in [-0.39, 0.29) is 5.88 Å². The monoisotopic (exact) mass is 633 g/mol. The van der Waals surface area contributed by atoms with Crippen LogP contribution in [0.3, 0.4) is 0 Å². The molecule has 10 nitrogen and oxygen atoms in total. The second-order valence-corrected chi connectivity index (χ2v) is 13.7. The van der Waals surface area contributed by atoms with Crippen LogP contribution in [0.4, 0.5) is 5.69 Å². The average Bonchev–Trinajstić information content (AvgIpc) is 3.52. The first kappa shape index (κ1) is 27.7. The number of rotatable bonds is 7. The molecule has 1 aliphatic heterocycles. The van der Waals surface area contributed by atoms with Crippen molar-refractivity contribution in [3.8, 4) is 5.75 Å². The predicted octanol–water partition coefficient (Wildman–Crippen LogP) is 5.97. The molecular weight excluding hydrogens is 612 g/mol. The Morgan fingerprint density at radius 2 is 1.80 bits per heavy atom. The predicted molar refractivity (Wildman–Crippen MR) is 158 cm³/mol. The van der Waals surface area contributed by atoms with Gasteiger partial charge in [0.15, 0.2) is 11.6 Å². The zero-order valence-electron chi connectivity index (χ0n) is 21.3. The molecule has 2 N–H and O–H groups in total. The lowest BCUT2D eigenvalue weighted by Gasteiger charge is -2.16. The Balaban J connectivity index is 1.47. The number of halogens is 1. The number of aromatic nitrogens is 1. The largest absolute Gasteiger partial charge is 0.456 e. The Bertz CT molecular complexity index is 2150. The molecule has 41 heavy (non-hydrogen) atoms. The van der Waals surface area contributed by atoms with Crippen molar-refractivity contribution in [3.05, 3.63) is 82.2 Å². The van der Waals surface area contributed by atoms with Gasteiger partial charge in [-0.1, -0.05) is 48.1 Å². The molecule has 0 bridgehead atoms. The van der Waals surface area contributed by atoms with Crippen LogP contribution in [0.5, 0.6) is 5.75 Å². The van der Waals surface area contributed by atoms with Crippen LogP contribution in [0.2, 0.25) is 5.02 Å². The van der Waals surface area contributed by atoms with Gasteiger partial charge in [0.05, 0.1) is 5.69 Å². The van der Waals surface area contributed by atoms with E-state index in [1.54, 1.807) is 42.5 Å². The number of ether oxygens (including phenoxy) is 1. The number of benzene rings is 3. The quantitative estimate of drug-likeness (QED) is 0.164. The minimum absolute atomic E-state index is 0.146. The second kappa shape index (κ2) is 10.1. The van der Waals surface area contributed by atoms with Crippen molar-refractivity contribution in [1.29, 1.82) is 0 Å². The van der Waals surface area contributed by atoms with E-state index in [4.69, 9.17) is 20.8 Å². The number of anilines is 1. The lowest BCUT2D eigenvalue weighted by atomic mass is 10.1. The molecule has 14 heteroatoms. The van der Waals surface area contributed by atoms with E-state index in [1.807, 2.05) is 31.2 Å². The summed E-state index contributed by atoms with van der Waals surface area (Å²) in [4.78, 5) is 1.33. The van der Waals surface area contributed by atoms with Crippen molar-refractivity contribution < 1.29 is 39.7 Å². The Morgan fingerprint density at radius 1 is 1.02 bits per heavy atom. The molecule has 212 valence electrons. The zero-order chi connectivity index (χ0) is 29.1. The van der Waals surface area contributed by atoms with Crippen LogP contribution >= 0.6 is 22.9 Å². The van der Waals surface area contributed by atoms with Gasteiger partial charge in [0.25, 0.3) is 21.0 Å². The first-order valence-corrected chi connectivity index (χ1v) is 16.6. The highest BCUT2D eigenvalue weighted by molar-refractivity contribution is 7.85. The minimum Gasteiger partial charge on any atom is -0.456 e. The number of thiazole rings is 1. The standard InChI is InChI=1S/C27H21ClN2O8S3/c1-2-16(10-27-30(15-41(34,35)36)21-11-17(28)7-8-25(21)39-27)9-26-29(14-40(31,32)33)20-13-23-19(12-24(20)38-26)18-5-3-4-6-22(18)37-23/h3-13H,2,14-15H2,1H3,(H-,31,32,33,34,35,36)/p+1. The Kier molecular flexibility index (Phi) is 6.83. The van der Waals surface area contributed by atoms with Crippen LogP contribution in [-0.2, 0) is 26.1 Å². The van der Waals surface area contributed by atoms with E-state index >= 15 is 0 Å². The van der Waals surface area contributed by atoms with Crippen LogP contribution in [-0.4, -0.2) is 31.8 Å². The van der Waals surface area contributed by atoms with Crippen LogP contribution in [0.1, 0.15) is 18.4 Å². The summed E-state index contributed by atoms with van der Waals surface area (Å²) in [5.41, 5.74) is 2.78. The molecule has 0 saturated heterocycles. The van der Waals surface area contributed by atoms with Gasteiger partial charge in [-0.15, -0.1) is 0 Å². The Hall–Kier alpha value is -3.46. The molecule has 2 aromatic heterocycles. The second-order valence-electron chi connectivity index (χ2n) is 9.40. The summed E-state index contributed by atoms with van der Waals surface area (Å²) >= 11 is 7.45. The molecule has 3 heterocycles. The lowest BCUT2D eigenvalue weighted by Crippen LogP contribution is -2.39.